The van der Waals surface area contributed by atoms with Gasteiger partial charge in [-0.2, -0.15) is 0 Å². The molecule has 2 aliphatic rings. The van der Waals surface area contributed by atoms with E-state index in [1.54, 1.807) is 13.8 Å². The van der Waals surface area contributed by atoms with E-state index >= 15 is 0 Å². The smallest absolute Gasteiger partial charge is 0.407 e. The molecule has 3 N–H and O–H groups in total. The lowest BCUT2D eigenvalue weighted by Gasteiger charge is -2.16. The molecule has 186 valence electrons. The Bertz CT molecular complexity index is 1090. The van der Waals surface area contributed by atoms with Crippen LogP contribution >= 0.6 is 0 Å². The van der Waals surface area contributed by atoms with Crippen molar-refractivity contribution in [2.45, 2.75) is 38.2 Å². The standard InChI is InChI=1S/C26H28F2N2O5/c1-14(2)11-21(24(32)33)30-23(31)22-20(26(22,27)28)12-29-25(34)35-13-19-17-9-5-3-7-15(17)16-8-4-6-10-18(16)19/h3-10,14,19-22H,11-13H2,1-2H3,(H,29,34)(H,30,31)(H,32,33)/t20-,21+,22-/m0/s1. The number of hydrogen-bond acceptors (Lipinski definition) is 4. The van der Waals surface area contributed by atoms with Gasteiger partial charge in [-0.1, -0.05) is 62.4 Å². The molecular formula is C26H28F2N2O5. The van der Waals surface area contributed by atoms with Gasteiger partial charge in [-0.3, -0.25) is 4.79 Å². The number of amides is 2. The molecule has 9 heteroatoms. The van der Waals surface area contributed by atoms with Crippen molar-refractivity contribution in [3.63, 3.8) is 0 Å². The van der Waals surface area contributed by atoms with Crippen molar-refractivity contribution in [1.82, 2.24) is 10.6 Å². The molecule has 7 nitrogen and oxygen atoms in total. The molecule has 1 fully saturated rings. The quantitative estimate of drug-likeness (QED) is 0.497. The van der Waals surface area contributed by atoms with Crippen LogP contribution in [0.4, 0.5) is 13.6 Å². The molecule has 0 spiro atoms. The number of ether oxygens (including phenoxy) is 1. The maximum atomic E-state index is 14.2. The van der Waals surface area contributed by atoms with Crippen LogP contribution in [0.1, 0.15) is 37.3 Å². The summed E-state index contributed by atoms with van der Waals surface area (Å²) < 4.78 is 33.8. The van der Waals surface area contributed by atoms with Gasteiger partial charge < -0.3 is 20.5 Å². The lowest BCUT2D eigenvalue weighted by molar-refractivity contribution is -0.142. The highest BCUT2D eigenvalue weighted by molar-refractivity contribution is 5.88. The van der Waals surface area contributed by atoms with Crippen LogP contribution in [-0.4, -0.2) is 48.2 Å². The number of hydrogen-bond donors (Lipinski definition) is 3. The fraction of sp³-hybridized carbons (Fsp3) is 0.423. The summed E-state index contributed by atoms with van der Waals surface area (Å²) in [6.45, 7) is 3.13. The largest absolute Gasteiger partial charge is 0.480 e. The molecule has 0 unspecified atom stereocenters. The highest BCUT2D eigenvalue weighted by Gasteiger charge is 2.71. The lowest BCUT2D eigenvalue weighted by Crippen LogP contribution is -2.43. The van der Waals surface area contributed by atoms with Crippen molar-refractivity contribution >= 4 is 18.0 Å². The third kappa shape index (κ3) is 4.99. The monoisotopic (exact) mass is 486 g/mol. The number of carbonyl (C=O) groups excluding carboxylic acids is 2. The molecule has 35 heavy (non-hydrogen) atoms. The second-order valence-corrected chi connectivity index (χ2v) is 9.49. The van der Waals surface area contributed by atoms with Crippen molar-refractivity contribution in [3.8, 4) is 11.1 Å². The zero-order chi connectivity index (χ0) is 25.3. The first-order valence-electron chi connectivity index (χ1n) is 11.6. The average molecular weight is 487 g/mol. The zero-order valence-electron chi connectivity index (χ0n) is 19.5. The van der Waals surface area contributed by atoms with Gasteiger partial charge in [-0.05, 0) is 34.6 Å². The fourth-order valence-corrected chi connectivity index (χ4v) is 4.80. The summed E-state index contributed by atoms with van der Waals surface area (Å²) in [7, 11) is 0. The van der Waals surface area contributed by atoms with Crippen LogP contribution < -0.4 is 10.6 Å². The Hall–Kier alpha value is -3.49. The number of fused-ring (bicyclic) bond motifs is 3. The minimum atomic E-state index is -3.33. The maximum absolute atomic E-state index is 14.2. The SMILES string of the molecule is CC(C)C[C@@H](NC(=O)[C@@H]1[C@H](CNC(=O)OCC2c3ccccc3-c3ccccc32)C1(F)F)C(=O)O. The Morgan fingerprint density at radius 2 is 1.60 bits per heavy atom. The van der Waals surface area contributed by atoms with E-state index in [-0.39, 0.29) is 24.9 Å². The molecule has 0 heterocycles. The van der Waals surface area contributed by atoms with E-state index in [2.05, 4.69) is 10.6 Å². The molecule has 2 aromatic carbocycles. The van der Waals surface area contributed by atoms with Crippen LogP contribution in [-0.2, 0) is 14.3 Å². The molecule has 1 saturated carbocycles. The van der Waals surface area contributed by atoms with Crippen LogP contribution in [0.2, 0.25) is 0 Å². The van der Waals surface area contributed by atoms with Crippen molar-refractivity contribution in [2.24, 2.45) is 17.8 Å². The number of alkyl carbamates (subject to hydrolysis) is 1. The predicted octanol–water partition coefficient (Wildman–Crippen LogP) is 4.02. The van der Waals surface area contributed by atoms with Crippen molar-refractivity contribution in [2.75, 3.05) is 13.2 Å². The minimum Gasteiger partial charge on any atom is -0.480 e. The maximum Gasteiger partial charge on any atom is 0.407 e. The summed E-state index contributed by atoms with van der Waals surface area (Å²) in [5.74, 6) is -8.94. The molecule has 0 aromatic heterocycles. The third-order valence-corrected chi connectivity index (χ3v) is 6.62. The topological polar surface area (TPSA) is 105 Å². The highest BCUT2D eigenvalue weighted by Crippen LogP contribution is 2.55. The molecule has 3 atom stereocenters. The van der Waals surface area contributed by atoms with Crippen LogP contribution in [0.3, 0.4) is 0 Å². The number of carbonyl (C=O) groups is 3. The van der Waals surface area contributed by atoms with E-state index in [4.69, 9.17) is 4.74 Å². The third-order valence-electron chi connectivity index (χ3n) is 6.62. The number of carboxylic acid groups (broad SMARTS) is 1. The van der Waals surface area contributed by atoms with E-state index in [0.717, 1.165) is 22.3 Å². The first-order chi connectivity index (χ1) is 16.6. The van der Waals surface area contributed by atoms with Gasteiger partial charge in [0.05, 0.1) is 5.92 Å². The van der Waals surface area contributed by atoms with E-state index in [1.165, 1.54) is 0 Å². The second kappa shape index (κ2) is 9.64. The molecular weight excluding hydrogens is 458 g/mol. The summed E-state index contributed by atoms with van der Waals surface area (Å²) in [6.07, 6.45) is -0.723. The number of halogens is 2. The first kappa shape index (κ1) is 24.6. The van der Waals surface area contributed by atoms with Crippen LogP contribution in [0, 0.1) is 17.8 Å². The number of rotatable bonds is 9. The molecule has 0 aliphatic heterocycles. The van der Waals surface area contributed by atoms with Crippen LogP contribution in [0.15, 0.2) is 48.5 Å². The highest BCUT2D eigenvalue weighted by atomic mass is 19.3. The van der Waals surface area contributed by atoms with Crippen molar-refractivity contribution < 1.29 is 33.0 Å². The number of carboxylic acids is 1. The zero-order valence-corrected chi connectivity index (χ0v) is 19.5. The summed E-state index contributed by atoms with van der Waals surface area (Å²) in [5.41, 5.74) is 4.20. The Morgan fingerprint density at radius 3 is 2.14 bits per heavy atom. The van der Waals surface area contributed by atoms with Gasteiger partial charge in [0.15, 0.2) is 0 Å². The number of alkyl halides is 2. The van der Waals surface area contributed by atoms with E-state index in [0.29, 0.717) is 0 Å². The van der Waals surface area contributed by atoms with E-state index < -0.39 is 48.3 Å². The minimum absolute atomic E-state index is 0.0397. The summed E-state index contributed by atoms with van der Waals surface area (Å²) >= 11 is 0. The summed E-state index contributed by atoms with van der Waals surface area (Å²) in [4.78, 5) is 35.9. The molecule has 0 bridgehead atoms. The van der Waals surface area contributed by atoms with Gasteiger partial charge in [0, 0.05) is 12.5 Å². The molecule has 2 aromatic rings. The van der Waals surface area contributed by atoms with E-state index in [1.807, 2.05) is 48.5 Å². The average Bonchev–Trinajstić information content (AvgIpc) is 3.22. The van der Waals surface area contributed by atoms with E-state index in [9.17, 15) is 28.3 Å². The Morgan fingerprint density at radius 1 is 1.03 bits per heavy atom. The predicted molar refractivity (Wildman–Crippen MR) is 124 cm³/mol. The number of aliphatic carboxylic acids is 1. The van der Waals surface area contributed by atoms with Gasteiger partial charge in [-0.15, -0.1) is 0 Å². The first-order valence-corrected chi connectivity index (χ1v) is 11.6. The van der Waals surface area contributed by atoms with Gasteiger partial charge in [0.1, 0.15) is 18.6 Å². The van der Waals surface area contributed by atoms with Gasteiger partial charge >= 0.3 is 12.1 Å². The molecule has 2 aliphatic carbocycles. The number of benzene rings is 2. The lowest BCUT2D eigenvalue weighted by atomic mass is 9.98. The van der Waals surface area contributed by atoms with Gasteiger partial charge in [0.25, 0.3) is 5.92 Å². The normalized spacial score (nSPS) is 20.5. The van der Waals surface area contributed by atoms with Crippen LogP contribution in [0.25, 0.3) is 11.1 Å². The Labute approximate surface area is 201 Å². The molecule has 0 radical (unpaired) electrons. The molecule has 0 saturated heterocycles. The summed E-state index contributed by atoms with van der Waals surface area (Å²) in [6, 6.07) is 14.4. The second-order valence-electron chi connectivity index (χ2n) is 9.49. The van der Waals surface area contributed by atoms with Crippen molar-refractivity contribution in [3.05, 3.63) is 59.7 Å². The number of nitrogens with one attached hydrogen (secondary N) is 2. The van der Waals surface area contributed by atoms with Gasteiger partial charge in [0.2, 0.25) is 5.91 Å². The van der Waals surface area contributed by atoms with Crippen LogP contribution in [0.5, 0.6) is 0 Å². The fourth-order valence-electron chi connectivity index (χ4n) is 4.80. The Kier molecular flexibility index (Phi) is 6.78. The Balaban J connectivity index is 1.31. The van der Waals surface area contributed by atoms with Crippen molar-refractivity contribution in [1.29, 1.82) is 0 Å². The summed E-state index contributed by atoms with van der Waals surface area (Å²) in [5, 5.41) is 13.8. The molecule has 4 rings (SSSR count). The van der Waals surface area contributed by atoms with Gasteiger partial charge in [-0.25, -0.2) is 18.4 Å². The molecule has 2 amide bonds.